The molecule has 0 radical (unpaired) electrons. The fourth-order valence-electron chi connectivity index (χ4n) is 2.13. The minimum atomic E-state index is -0.294. The highest BCUT2D eigenvalue weighted by Gasteiger charge is 2.11. The van der Waals surface area contributed by atoms with Crippen LogP contribution in [0.25, 0.3) is 0 Å². The van der Waals surface area contributed by atoms with E-state index in [4.69, 9.17) is 11.6 Å². The van der Waals surface area contributed by atoms with Gasteiger partial charge in [0, 0.05) is 11.1 Å². The third-order valence-corrected chi connectivity index (χ3v) is 3.57. The second kappa shape index (κ2) is 6.69. The summed E-state index contributed by atoms with van der Waals surface area (Å²) < 4.78 is 13.0. The zero-order valence-electron chi connectivity index (χ0n) is 10.9. The van der Waals surface area contributed by atoms with E-state index in [0.717, 1.165) is 18.4 Å². The second-order valence-corrected chi connectivity index (χ2v) is 5.02. The minimum Gasteiger partial charge on any atom is -0.316 e. The first-order valence-electron chi connectivity index (χ1n) is 6.34. The molecule has 0 bridgehead atoms. The van der Waals surface area contributed by atoms with Gasteiger partial charge in [-0.25, -0.2) is 4.39 Å². The molecule has 0 spiro atoms. The molecule has 1 nitrogen and oxygen atoms in total. The van der Waals surface area contributed by atoms with Crippen molar-refractivity contribution in [3.05, 3.63) is 70.5 Å². The van der Waals surface area contributed by atoms with E-state index in [2.05, 4.69) is 17.4 Å². The summed E-state index contributed by atoms with van der Waals surface area (Å²) in [6.45, 7) is 0. The van der Waals surface area contributed by atoms with Gasteiger partial charge in [0.2, 0.25) is 0 Å². The van der Waals surface area contributed by atoms with Crippen LogP contribution in [-0.4, -0.2) is 13.1 Å². The van der Waals surface area contributed by atoms with E-state index in [-0.39, 0.29) is 11.9 Å². The smallest absolute Gasteiger partial charge is 0.124 e. The molecule has 0 aliphatic heterocycles. The van der Waals surface area contributed by atoms with E-state index in [1.54, 1.807) is 6.07 Å². The van der Waals surface area contributed by atoms with Crippen LogP contribution in [0.5, 0.6) is 0 Å². The Morgan fingerprint density at radius 2 is 1.84 bits per heavy atom. The lowest BCUT2D eigenvalue weighted by Gasteiger charge is -2.17. The summed E-state index contributed by atoms with van der Waals surface area (Å²) in [6, 6.07) is 15.2. The molecule has 3 heteroatoms. The zero-order chi connectivity index (χ0) is 13.7. The van der Waals surface area contributed by atoms with Crippen LogP contribution in [0.4, 0.5) is 4.39 Å². The Morgan fingerprint density at radius 3 is 2.47 bits per heavy atom. The van der Waals surface area contributed by atoms with E-state index in [0.29, 0.717) is 5.02 Å². The van der Waals surface area contributed by atoms with Gasteiger partial charge in [0.1, 0.15) is 5.82 Å². The highest BCUT2D eigenvalue weighted by Crippen LogP contribution is 2.19. The summed E-state index contributed by atoms with van der Waals surface area (Å²) in [5, 5.41) is 3.78. The van der Waals surface area contributed by atoms with E-state index in [1.807, 2.05) is 25.2 Å². The molecule has 0 saturated carbocycles. The maximum absolute atomic E-state index is 13.0. The molecule has 1 unspecified atom stereocenters. The fraction of sp³-hybridized carbons (Fsp3) is 0.250. The number of hydrogen-bond acceptors (Lipinski definition) is 1. The van der Waals surface area contributed by atoms with Crippen molar-refractivity contribution in [2.45, 2.75) is 18.9 Å². The van der Waals surface area contributed by atoms with Crippen LogP contribution in [0.1, 0.15) is 11.1 Å². The number of rotatable bonds is 5. The number of benzene rings is 2. The first kappa shape index (κ1) is 14.0. The Labute approximate surface area is 118 Å². The van der Waals surface area contributed by atoms with E-state index < -0.39 is 0 Å². The van der Waals surface area contributed by atoms with Crippen molar-refractivity contribution in [3.63, 3.8) is 0 Å². The molecule has 2 aromatic carbocycles. The van der Waals surface area contributed by atoms with Crippen LogP contribution in [-0.2, 0) is 12.8 Å². The molecule has 2 aromatic rings. The molecule has 100 valence electrons. The summed E-state index contributed by atoms with van der Waals surface area (Å²) in [5.41, 5.74) is 2.25. The average Bonchev–Trinajstić information content (AvgIpc) is 2.42. The van der Waals surface area contributed by atoms with Crippen molar-refractivity contribution in [2.75, 3.05) is 7.05 Å². The van der Waals surface area contributed by atoms with E-state index in [1.165, 1.54) is 17.7 Å². The number of halogens is 2. The van der Waals surface area contributed by atoms with Crippen molar-refractivity contribution in [2.24, 2.45) is 0 Å². The Balaban J connectivity index is 2.06. The second-order valence-electron chi connectivity index (χ2n) is 4.62. The fourth-order valence-corrected chi connectivity index (χ4v) is 2.37. The van der Waals surface area contributed by atoms with Gasteiger partial charge in [0.25, 0.3) is 0 Å². The average molecular weight is 278 g/mol. The van der Waals surface area contributed by atoms with Gasteiger partial charge < -0.3 is 5.32 Å². The van der Waals surface area contributed by atoms with E-state index in [9.17, 15) is 4.39 Å². The van der Waals surface area contributed by atoms with Gasteiger partial charge in [0.15, 0.2) is 0 Å². The lowest BCUT2D eigenvalue weighted by molar-refractivity contribution is 0.555. The maximum Gasteiger partial charge on any atom is 0.124 e. The summed E-state index contributed by atoms with van der Waals surface area (Å²) in [6.07, 6.45) is 1.70. The molecule has 19 heavy (non-hydrogen) atoms. The predicted octanol–water partition coefficient (Wildman–Crippen LogP) is 3.85. The Kier molecular flexibility index (Phi) is 4.94. The molecule has 0 aliphatic carbocycles. The largest absolute Gasteiger partial charge is 0.316 e. The summed E-state index contributed by atoms with van der Waals surface area (Å²) in [5.74, 6) is -0.294. The van der Waals surface area contributed by atoms with Gasteiger partial charge in [-0.3, -0.25) is 0 Å². The first-order chi connectivity index (χ1) is 9.19. The third kappa shape index (κ3) is 4.05. The molecular weight excluding hydrogens is 261 g/mol. The molecule has 1 atom stereocenters. The normalized spacial score (nSPS) is 12.4. The van der Waals surface area contributed by atoms with Crippen LogP contribution in [0.3, 0.4) is 0 Å². The molecule has 0 saturated heterocycles. The Hall–Kier alpha value is -1.38. The van der Waals surface area contributed by atoms with Gasteiger partial charge in [0.05, 0.1) is 0 Å². The van der Waals surface area contributed by atoms with Crippen LogP contribution < -0.4 is 5.32 Å². The highest BCUT2D eigenvalue weighted by atomic mass is 35.5. The highest BCUT2D eigenvalue weighted by molar-refractivity contribution is 6.31. The molecule has 0 fully saturated rings. The van der Waals surface area contributed by atoms with Crippen LogP contribution in [0, 0.1) is 5.82 Å². The standard InChI is InChI=1S/C16H17ClFN/c1-19-15(9-12-5-3-2-4-6-12)10-13-7-8-14(18)11-16(13)17/h2-8,11,15,19H,9-10H2,1H3. The maximum atomic E-state index is 13.0. The van der Waals surface area contributed by atoms with Crippen LogP contribution in [0.2, 0.25) is 5.02 Å². The topological polar surface area (TPSA) is 12.0 Å². The third-order valence-electron chi connectivity index (χ3n) is 3.21. The molecule has 0 heterocycles. The quantitative estimate of drug-likeness (QED) is 0.875. The van der Waals surface area contributed by atoms with Gasteiger partial charge in [-0.1, -0.05) is 48.0 Å². The Bertz CT molecular complexity index is 528. The summed E-state index contributed by atoms with van der Waals surface area (Å²) in [7, 11) is 1.94. The number of hydrogen-bond donors (Lipinski definition) is 1. The van der Waals surface area contributed by atoms with Crippen LogP contribution in [0.15, 0.2) is 48.5 Å². The molecule has 0 aliphatic rings. The zero-order valence-corrected chi connectivity index (χ0v) is 11.6. The monoisotopic (exact) mass is 277 g/mol. The van der Waals surface area contributed by atoms with Crippen molar-refractivity contribution >= 4 is 11.6 Å². The van der Waals surface area contributed by atoms with Gasteiger partial charge in [-0.15, -0.1) is 0 Å². The van der Waals surface area contributed by atoms with Crippen LogP contribution >= 0.6 is 11.6 Å². The lowest BCUT2D eigenvalue weighted by Crippen LogP contribution is -2.30. The summed E-state index contributed by atoms with van der Waals surface area (Å²) in [4.78, 5) is 0. The summed E-state index contributed by atoms with van der Waals surface area (Å²) >= 11 is 6.07. The molecule has 0 aromatic heterocycles. The van der Waals surface area contributed by atoms with Crippen molar-refractivity contribution in [1.82, 2.24) is 5.32 Å². The number of nitrogens with one attached hydrogen (secondary N) is 1. The molecular formula is C16H17ClFN. The molecule has 1 N–H and O–H groups in total. The molecule has 2 rings (SSSR count). The Morgan fingerprint density at radius 1 is 1.11 bits per heavy atom. The van der Waals surface area contributed by atoms with Gasteiger partial charge in [-0.2, -0.15) is 0 Å². The van der Waals surface area contributed by atoms with Crippen molar-refractivity contribution in [3.8, 4) is 0 Å². The van der Waals surface area contributed by atoms with Gasteiger partial charge >= 0.3 is 0 Å². The van der Waals surface area contributed by atoms with Crippen molar-refractivity contribution in [1.29, 1.82) is 0 Å². The van der Waals surface area contributed by atoms with Gasteiger partial charge in [-0.05, 0) is 43.1 Å². The SMILES string of the molecule is CNC(Cc1ccccc1)Cc1ccc(F)cc1Cl. The predicted molar refractivity (Wildman–Crippen MR) is 78.1 cm³/mol. The van der Waals surface area contributed by atoms with Crippen molar-refractivity contribution < 1.29 is 4.39 Å². The number of likely N-dealkylation sites (N-methyl/N-ethyl adjacent to an activating group) is 1. The minimum absolute atomic E-state index is 0.283. The lowest BCUT2D eigenvalue weighted by atomic mass is 9.99. The van der Waals surface area contributed by atoms with E-state index >= 15 is 0 Å². The molecule has 0 amide bonds. The first-order valence-corrected chi connectivity index (χ1v) is 6.72.